The van der Waals surface area contributed by atoms with E-state index < -0.39 is 0 Å². The van der Waals surface area contributed by atoms with Gasteiger partial charge in [0, 0.05) is 18.5 Å². The zero-order valence-corrected chi connectivity index (χ0v) is 14.0. The van der Waals surface area contributed by atoms with E-state index in [0.29, 0.717) is 13.0 Å². The first-order valence-electron chi connectivity index (χ1n) is 8.10. The average Bonchev–Trinajstić information content (AvgIpc) is 2.55. The molecule has 1 unspecified atom stereocenters. The van der Waals surface area contributed by atoms with Crippen LogP contribution in [0.5, 0.6) is 0 Å². The van der Waals surface area contributed by atoms with E-state index in [1.807, 2.05) is 50.2 Å². The Hall–Kier alpha value is -2.13. The van der Waals surface area contributed by atoms with Gasteiger partial charge >= 0.3 is 0 Å². The fourth-order valence-corrected chi connectivity index (χ4v) is 2.63. The lowest BCUT2D eigenvalue weighted by atomic mass is 9.88. The smallest absolute Gasteiger partial charge is 0.221 e. The van der Waals surface area contributed by atoms with Gasteiger partial charge in [-0.05, 0) is 37.3 Å². The van der Waals surface area contributed by atoms with Crippen molar-refractivity contribution in [3.8, 4) is 0 Å². The van der Waals surface area contributed by atoms with Crippen molar-refractivity contribution in [3.05, 3.63) is 71.8 Å². The van der Waals surface area contributed by atoms with Gasteiger partial charge in [-0.1, -0.05) is 60.7 Å². The van der Waals surface area contributed by atoms with Crippen LogP contribution in [0.3, 0.4) is 0 Å². The van der Waals surface area contributed by atoms with Crippen molar-refractivity contribution in [2.24, 2.45) is 5.73 Å². The van der Waals surface area contributed by atoms with E-state index in [2.05, 4.69) is 29.6 Å². The van der Waals surface area contributed by atoms with E-state index in [0.717, 1.165) is 6.42 Å². The van der Waals surface area contributed by atoms with Gasteiger partial charge in [-0.3, -0.25) is 4.79 Å². The minimum Gasteiger partial charge on any atom is -0.350 e. The van der Waals surface area contributed by atoms with Crippen molar-refractivity contribution in [1.29, 1.82) is 0 Å². The summed E-state index contributed by atoms with van der Waals surface area (Å²) in [6.45, 7) is 4.31. The molecule has 3 heteroatoms. The normalized spacial score (nSPS) is 12.7. The van der Waals surface area contributed by atoms with Gasteiger partial charge < -0.3 is 11.1 Å². The van der Waals surface area contributed by atoms with Crippen molar-refractivity contribution >= 4 is 5.91 Å². The SMILES string of the molecule is CC(C)(CN)NC(=O)CC(Cc1ccccc1)c1ccccc1. The standard InChI is InChI=1S/C20H26N2O/c1-20(2,15-21)22-19(23)14-18(17-11-7-4-8-12-17)13-16-9-5-3-6-10-16/h3-12,18H,13-15,21H2,1-2H3,(H,22,23). The predicted molar refractivity (Wildman–Crippen MR) is 95.2 cm³/mol. The van der Waals surface area contributed by atoms with Crippen molar-refractivity contribution in [2.45, 2.75) is 38.1 Å². The number of nitrogens with two attached hydrogens (primary N) is 1. The minimum atomic E-state index is -0.370. The topological polar surface area (TPSA) is 55.1 Å². The van der Waals surface area contributed by atoms with Crippen molar-refractivity contribution < 1.29 is 4.79 Å². The van der Waals surface area contributed by atoms with Crippen LogP contribution in [-0.2, 0) is 11.2 Å². The van der Waals surface area contributed by atoms with Crippen molar-refractivity contribution in [2.75, 3.05) is 6.54 Å². The second-order valence-electron chi connectivity index (χ2n) is 6.64. The molecule has 2 rings (SSSR count). The number of hydrogen-bond donors (Lipinski definition) is 2. The minimum absolute atomic E-state index is 0.0465. The summed E-state index contributed by atoms with van der Waals surface area (Å²) in [4.78, 5) is 12.4. The van der Waals surface area contributed by atoms with Crippen LogP contribution >= 0.6 is 0 Å². The molecule has 0 bridgehead atoms. The molecule has 0 aliphatic carbocycles. The molecular formula is C20H26N2O. The Balaban J connectivity index is 2.13. The molecule has 2 aromatic carbocycles. The van der Waals surface area contributed by atoms with Crippen LogP contribution in [0, 0.1) is 0 Å². The Labute approximate surface area is 138 Å². The molecule has 122 valence electrons. The highest BCUT2D eigenvalue weighted by atomic mass is 16.1. The van der Waals surface area contributed by atoms with Gasteiger partial charge in [-0.15, -0.1) is 0 Å². The first kappa shape index (κ1) is 17.2. The van der Waals surface area contributed by atoms with Crippen LogP contribution in [0.15, 0.2) is 60.7 Å². The predicted octanol–water partition coefficient (Wildman–Crippen LogP) is 3.26. The van der Waals surface area contributed by atoms with Crippen LogP contribution < -0.4 is 11.1 Å². The maximum atomic E-state index is 12.4. The van der Waals surface area contributed by atoms with Gasteiger partial charge in [0.1, 0.15) is 0 Å². The molecule has 0 saturated heterocycles. The van der Waals surface area contributed by atoms with Crippen LogP contribution in [-0.4, -0.2) is 18.0 Å². The van der Waals surface area contributed by atoms with Crippen LogP contribution in [0.4, 0.5) is 0 Å². The molecule has 2 aromatic rings. The molecule has 3 N–H and O–H groups in total. The van der Waals surface area contributed by atoms with Gasteiger partial charge in [0.2, 0.25) is 5.91 Å². The third-order valence-corrected chi connectivity index (χ3v) is 4.02. The zero-order valence-electron chi connectivity index (χ0n) is 14.0. The third kappa shape index (κ3) is 5.53. The molecule has 23 heavy (non-hydrogen) atoms. The summed E-state index contributed by atoms with van der Waals surface area (Å²) in [5.74, 6) is 0.206. The molecular weight excluding hydrogens is 284 g/mol. The summed E-state index contributed by atoms with van der Waals surface area (Å²) >= 11 is 0. The van der Waals surface area contributed by atoms with Gasteiger partial charge in [-0.2, -0.15) is 0 Å². The van der Waals surface area contributed by atoms with E-state index in [9.17, 15) is 4.79 Å². The zero-order chi connectivity index (χ0) is 16.7. The summed E-state index contributed by atoms with van der Waals surface area (Å²) in [5, 5.41) is 3.03. The highest BCUT2D eigenvalue weighted by molar-refractivity contribution is 5.77. The number of amides is 1. The average molecular weight is 310 g/mol. The fraction of sp³-hybridized carbons (Fsp3) is 0.350. The summed E-state index contributed by atoms with van der Waals surface area (Å²) in [6, 6.07) is 20.5. The van der Waals surface area contributed by atoms with Crippen molar-refractivity contribution in [1.82, 2.24) is 5.32 Å². The molecule has 0 aromatic heterocycles. The number of benzene rings is 2. The number of nitrogens with one attached hydrogen (secondary N) is 1. The lowest BCUT2D eigenvalue weighted by Crippen LogP contribution is -2.49. The lowest BCUT2D eigenvalue weighted by molar-refractivity contribution is -0.123. The maximum absolute atomic E-state index is 12.4. The number of hydrogen-bond acceptors (Lipinski definition) is 2. The van der Waals surface area contributed by atoms with Gasteiger partial charge in [0.25, 0.3) is 0 Å². The number of rotatable bonds is 7. The van der Waals surface area contributed by atoms with Gasteiger partial charge in [0.15, 0.2) is 0 Å². The molecule has 0 radical (unpaired) electrons. The second kappa shape index (κ2) is 7.93. The Morgan fingerprint density at radius 1 is 1.04 bits per heavy atom. The molecule has 1 amide bonds. The Morgan fingerprint density at radius 2 is 1.61 bits per heavy atom. The Kier molecular flexibility index (Phi) is 5.94. The molecule has 0 spiro atoms. The van der Waals surface area contributed by atoms with Gasteiger partial charge in [-0.25, -0.2) is 0 Å². The van der Waals surface area contributed by atoms with Crippen molar-refractivity contribution in [3.63, 3.8) is 0 Å². The first-order valence-corrected chi connectivity index (χ1v) is 8.10. The summed E-state index contributed by atoms with van der Waals surface area (Å²) in [7, 11) is 0. The van der Waals surface area contributed by atoms with E-state index >= 15 is 0 Å². The van der Waals surface area contributed by atoms with E-state index in [-0.39, 0.29) is 17.4 Å². The maximum Gasteiger partial charge on any atom is 0.221 e. The molecule has 0 heterocycles. The Bertz CT molecular complexity index is 608. The largest absolute Gasteiger partial charge is 0.350 e. The molecule has 3 nitrogen and oxygen atoms in total. The van der Waals surface area contributed by atoms with Gasteiger partial charge in [0.05, 0.1) is 0 Å². The molecule has 0 aliphatic heterocycles. The van der Waals surface area contributed by atoms with E-state index in [1.54, 1.807) is 0 Å². The highest BCUT2D eigenvalue weighted by Gasteiger charge is 2.22. The molecule has 1 atom stereocenters. The summed E-state index contributed by atoms with van der Waals surface area (Å²) in [5.41, 5.74) is 7.77. The summed E-state index contributed by atoms with van der Waals surface area (Å²) in [6.07, 6.45) is 1.31. The molecule has 0 aliphatic rings. The second-order valence-corrected chi connectivity index (χ2v) is 6.64. The first-order chi connectivity index (χ1) is 11.0. The monoisotopic (exact) mass is 310 g/mol. The Morgan fingerprint density at radius 3 is 2.17 bits per heavy atom. The summed E-state index contributed by atoms with van der Waals surface area (Å²) < 4.78 is 0. The van der Waals surface area contributed by atoms with Crippen LogP contribution in [0.1, 0.15) is 37.3 Å². The van der Waals surface area contributed by atoms with Crippen LogP contribution in [0.25, 0.3) is 0 Å². The van der Waals surface area contributed by atoms with E-state index in [1.165, 1.54) is 11.1 Å². The third-order valence-electron chi connectivity index (χ3n) is 4.02. The number of carbonyl (C=O) groups excluding carboxylic acids is 1. The van der Waals surface area contributed by atoms with Crippen LogP contribution in [0.2, 0.25) is 0 Å². The fourth-order valence-electron chi connectivity index (χ4n) is 2.63. The van der Waals surface area contributed by atoms with E-state index in [4.69, 9.17) is 5.73 Å². The highest BCUT2D eigenvalue weighted by Crippen LogP contribution is 2.24. The number of carbonyl (C=O) groups is 1. The molecule has 0 saturated carbocycles. The molecule has 0 fully saturated rings. The quantitative estimate of drug-likeness (QED) is 0.825. The lowest BCUT2D eigenvalue weighted by Gasteiger charge is -2.26.